The van der Waals surface area contributed by atoms with Crippen molar-refractivity contribution in [3.8, 4) is 0 Å². The molecular formula is C13H17N5O2S. The van der Waals surface area contributed by atoms with Gasteiger partial charge in [0, 0.05) is 0 Å². The van der Waals surface area contributed by atoms with Gasteiger partial charge >= 0.3 is 0 Å². The van der Waals surface area contributed by atoms with E-state index in [-0.39, 0.29) is 22.1 Å². The van der Waals surface area contributed by atoms with Crippen molar-refractivity contribution in [3.63, 3.8) is 0 Å². The van der Waals surface area contributed by atoms with Crippen LogP contribution in [0.2, 0.25) is 0 Å². The molecule has 5 N–H and O–H groups in total. The molecule has 2 aromatic rings. The van der Waals surface area contributed by atoms with Crippen LogP contribution in [0, 0.1) is 5.41 Å². The molecule has 7 nitrogen and oxygen atoms in total. The lowest BCUT2D eigenvalue weighted by Gasteiger charge is -2.08. The molecule has 0 bridgehead atoms. The zero-order chi connectivity index (χ0) is 15.5. The zero-order valence-electron chi connectivity index (χ0n) is 11.6. The van der Waals surface area contributed by atoms with Crippen molar-refractivity contribution in [2.24, 2.45) is 5.73 Å². The van der Waals surface area contributed by atoms with Crippen LogP contribution in [0.5, 0.6) is 0 Å². The van der Waals surface area contributed by atoms with Gasteiger partial charge in [0.2, 0.25) is 0 Å². The highest BCUT2D eigenvalue weighted by atomic mass is 32.2. The topological polar surface area (TPSA) is 125 Å². The monoisotopic (exact) mass is 307 g/mol. The fourth-order valence-corrected chi connectivity index (χ4v) is 2.92. The maximum atomic E-state index is 12.3. The molecule has 1 aromatic heterocycles. The van der Waals surface area contributed by atoms with Gasteiger partial charge in [0.15, 0.2) is 0 Å². The number of aryl methyl sites for hydroxylation is 1. The normalized spacial score (nSPS) is 11.3. The number of amidine groups is 1. The van der Waals surface area contributed by atoms with Crippen LogP contribution in [0.15, 0.2) is 35.4 Å². The first-order valence-electron chi connectivity index (χ1n) is 6.43. The summed E-state index contributed by atoms with van der Waals surface area (Å²) >= 11 is 0. The van der Waals surface area contributed by atoms with Crippen molar-refractivity contribution in [1.82, 2.24) is 10.2 Å². The first-order valence-corrected chi connectivity index (χ1v) is 7.92. The molecule has 0 atom stereocenters. The maximum Gasteiger partial charge on any atom is 0.263 e. The Morgan fingerprint density at radius 3 is 2.62 bits per heavy atom. The van der Waals surface area contributed by atoms with Gasteiger partial charge in [-0.2, -0.15) is 5.10 Å². The van der Waals surface area contributed by atoms with E-state index < -0.39 is 10.0 Å². The average molecular weight is 307 g/mol. The Labute approximate surface area is 123 Å². The Kier molecular flexibility index (Phi) is 4.27. The number of aromatic nitrogens is 2. The van der Waals surface area contributed by atoms with Gasteiger partial charge in [-0.1, -0.05) is 25.5 Å². The predicted octanol–water partition coefficient (Wildman–Crippen LogP) is 1.45. The number of benzene rings is 1. The van der Waals surface area contributed by atoms with Gasteiger partial charge in [-0.25, -0.2) is 8.42 Å². The Hall–Kier alpha value is -2.35. The maximum absolute atomic E-state index is 12.3. The summed E-state index contributed by atoms with van der Waals surface area (Å²) in [7, 11) is -3.74. The number of H-pyrrole nitrogens is 1. The van der Waals surface area contributed by atoms with Gasteiger partial charge < -0.3 is 5.73 Å². The second kappa shape index (κ2) is 5.96. The van der Waals surface area contributed by atoms with E-state index in [1.165, 1.54) is 6.20 Å². The van der Waals surface area contributed by atoms with Crippen molar-refractivity contribution in [2.45, 2.75) is 24.7 Å². The highest BCUT2D eigenvalue weighted by molar-refractivity contribution is 7.92. The summed E-state index contributed by atoms with van der Waals surface area (Å²) in [4.78, 5) is 0.145. The van der Waals surface area contributed by atoms with Crippen LogP contribution in [-0.2, 0) is 16.4 Å². The SMILES string of the molecule is CCCc1ccc(S(=O)(=O)Nc2[nH]ncc2C(=N)N)cc1. The molecule has 1 heterocycles. The number of hydrogen-bond acceptors (Lipinski definition) is 4. The smallest absolute Gasteiger partial charge is 0.263 e. The van der Waals surface area contributed by atoms with Crippen LogP contribution < -0.4 is 10.5 Å². The molecule has 0 aliphatic carbocycles. The third kappa shape index (κ3) is 3.40. The van der Waals surface area contributed by atoms with Gasteiger partial charge in [-0.05, 0) is 24.1 Å². The quantitative estimate of drug-likeness (QED) is 0.476. The number of aromatic amines is 1. The summed E-state index contributed by atoms with van der Waals surface area (Å²) in [5, 5.41) is 13.5. The second-order valence-corrected chi connectivity index (χ2v) is 6.25. The van der Waals surface area contributed by atoms with Crippen molar-refractivity contribution in [3.05, 3.63) is 41.6 Å². The number of hydrogen-bond donors (Lipinski definition) is 4. The summed E-state index contributed by atoms with van der Waals surface area (Å²) in [6.07, 6.45) is 3.20. The number of nitrogens with two attached hydrogens (primary N) is 1. The van der Waals surface area contributed by atoms with E-state index in [4.69, 9.17) is 11.1 Å². The minimum absolute atomic E-state index is 0.0835. The van der Waals surface area contributed by atoms with E-state index >= 15 is 0 Å². The average Bonchev–Trinajstić information content (AvgIpc) is 2.87. The van der Waals surface area contributed by atoms with E-state index in [1.54, 1.807) is 24.3 Å². The molecule has 21 heavy (non-hydrogen) atoms. The van der Waals surface area contributed by atoms with Crippen LogP contribution in [0.3, 0.4) is 0 Å². The fourth-order valence-electron chi connectivity index (χ4n) is 1.89. The Bertz CT molecular complexity index is 734. The largest absolute Gasteiger partial charge is 0.384 e. The lowest BCUT2D eigenvalue weighted by molar-refractivity contribution is 0.601. The van der Waals surface area contributed by atoms with Crippen LogP contribution in [0.4, 0.5) is 5.82 Å². The van der Waals surface area contributed by atoms with Gasteiger partial charge in [-0.15, -0.1) is 0 Å². The van der Waals surface area contributed by atoms with E-state index in [0.717, 1.165) is 18.4 Å². The molecule has 0 radical (unpaired) electrons. The van der Waals surface area contributed by atoms with Crippen LogP contribution >= 0.6 is 0 Å². The standard InChI is InChI=1S/C13H17N5O2S/c1-2-3-9-4-6-10(7-5-9)21(19,20)18-13-11(12(14)15)8-16-17-13/h4-8H,2-3H2,1H3,(H3,14,15)(H2,16,17,18). The van der Waals surface area contributed by atoms with Crippen molar-refractivity contribution in [1.29, 1.82) is 5.41 Å². The van der Waals surface area contributed by atoms with E-state index in [0.29, 0.717) is 0 Å². The molecule has 0 aliphatic rings. The summed E-state index contributed by atoms with van der Waals surface area (Å²) < 4.78 is 26.9. The van der Waals surface area contributed by atoms with Crippen LogP contribution in [0.1, 0.15) is 24.5 Å². The molecule has 0 spiro atoms. The molecular weight excluding hydrogens is 290 g/mol. The number of nitrogen functional groups attached to an aromatic ring is 1. The third-order valence-corrected chi connectivity index (χ3v) is 4.30. The van der Waals surface area contributed by atoms with E-state index in [9.17, 15) is 8.42 Å². The molecule has 1 aromatic carbocycles. The number of rotatable bonds is 6. The Morgan fingerprint density at radius 1 is 1.38 bits per heavy atom. The summed E-state index contributed by atoms with van der Waals surface area (Å²) in [5.74, 6) is -0.181. The zero-order valence-corrected chi connectivity index (χ0v) is 12.4. The molecule has 8 heteroatoms. The number of nitrogens with one attached hydrogen (secondary N) is 3. The first kappa shape index (κ1) is 15.0. The first-order chi connectivity index (χ1) is 9.94. The van der Waals surface area contributed by atoms with Crippen molar-refractivity contribution >= 4 is 21.7 Å². The van der Waals surface area contributed by atoms with E-state index in [1.807, 2.05) is 0 Å². The molecule has 0 saturated carbocycles. The lowest BCUT2D eigenvalue weighted by Crippen LogP contribution is -2.18. The summed E-state index contributed by atoms with van der Waals surface area (Å²) in [6.45, 7) is 2.06. The third-order valence-electron chi connectivity index (χ3n) is 2.94. The molecule has 0 unspecified atom stereocenters. The molecule has 0 aliphatic heterocycles. The van der Waals surface area contributed by atoms with Gasteiger partial charge in [0.05, 0.1) is 16.7 Å². The number of sulfonamides is 1. The minimum Gasteiger partial charge on any atom is -0.384 e. The fraction of sp³-hybridized carbons (Fsp3) is 0.231. The second-order valence-electron chi connectivity index (χ2n) is 4.57. The van der Waals surface area contributed by atoms with Gasteiger partial charge in [-0.3, -0.25) is 15.2 Å². The minimum atomic E-state index is -3.74. The number of nitrogens with zero attached hydrogens (tertiary/aromatic N) is 1. The Morgan fingerprint density at radius 2 is 2.05 bits per heavy atom. The predicted molar refractivity (Wildman–Crippen MR) is 80.8 cm³/mol. The molecule has 112 valence electrons. The highest BCUT2D eigenvalue weighted by Gasteiger charge is 2.18. The summed E-state index contributed by atoms with van der Waals surface area (Å²) in [6, 6.07) is 6.68. The molecule has 0 fully saturated rings. The van der Waals surface area contributed by atoms with Gasteiger partial charge in [0.1, 0.15) is 11.7 Å². The van der Waals surface area contributed by atoms with E-state index in [2.05, 4.69) is 21.8 Å². The summed E-state index contributed by atoms with van der Waals surface area (Å²) in [5.41, 5.74) is 6.65. The van der Waals surface area contributed by atoms with Crippen molar-refractivity contribution in [2.75, 3.05) is 4.72 Å². The van der Waals surface area contributed by atoms with Crippen LogP contribution in [-0.4, -0.2) is 24.5 Å². The Balaban J connectivity index is 2.25. The molecule has 0 saturated heterocycles. The lowest BCUT2D eigenvalue weighted by atomic mass is 10.1. The van der Waals surface area contributed by atoms with Crippen LogP contribution in [0.25, 0.3) is 0 Å². The highest BCUT2D eigenvalue weighted by Crippen LogP contribution is 2.18. The van der Waals surface area contributed by atoms with Crippen molar-refractivity contribution < 1.29 is 8.42 Å². The molecule has 0 amide bonds. The van der Waals surface area contributed by atoms with Gasteiger partial charge in [0.25, 0.3) is 10.0 Å². The molecule has 2 rings (SSSR count). The number of anilines is 1.